The minimum Gasteiger partial charge on any atom is -0.323 e. The van der Waals surface area contributed by atoms with Gasteiger partial charge in [-0.05, 0) is 54.8 Å². The van der Waals surface area contributed by atoms with Crippen molar-refractivity contribution in [3.05, 3.63) is 35.4 Å². The quantitative estimate of drug-likeness (QED) is 0.849. The van der Waals surface area contributed by atoms with Crippen LogP contribution in [-0.2, 0) is 6.42 Å². The van der Waals surface area contributed by atoms with Gasteiger partial charge in [0.15, 0.2) is 0 Å². The Balaban J connectivity index is 1.66. The smallest absolute Gasteiger partial charge is 0.0459 e. The molecule has 1 fully saturated rings. The molecule has 110 valence electrons. The summed E-state index contributed by atoms with van der Waals surface area (Å²) in [6, 6.07) is 9.44. The van der Waals surface area contributed by atoms with Crippen molar-refractivity contribution < 1.29 is 0 Å². The van der Waals surface area contributed by atoms with E-state index in [1.807, 2.05) is 0 Å². The SMILES string of the molecule is CC(C)(C)C1CCN(C2Cc3ccccc3C2N)CC1. The summed E-state index contributed by atoms with van der Waals surface area (Å²) in [6.07, 6.45) is 3.78. The lowest BCUT2D eigenvalue weighted by Gasteiger charge is -2.42. The van der Waals surface area contributed by atoms with E-state index in [1.165, 1.54) is 37.1 Å². The van der Waals surface area contributed by atoms with Gasteiger partial charge in [0.1, 0.15) is 0 Å². The van der Waals surface area contributed by atoms with Crippen LogP contribution < -0.4 is 5.73 Å². The highest BCUT2D eigenvalue weighted by Gasteiger charge is 2.37. The highest BCUT2D eigenvalue weighted by Crippen LogP contribution is 2.38. The number of piperidine rings is 1. The van der Waals surface area contributed by atoms with Gasteiger partial charge in [0, 0.05) is 12.1 Å². The third-order valence-corrected chi connectivity index (χ3v) is 5.48. The molecule has 3 rings (SSSR count). The first-order chi connectivity index (χ1) is 9.47. The van der Waals surface area contributed by atoms with E-state index in [1.54, 1.807) is 0 Å². The maximum atomic E-state index is 6.50. The summed E-state index contributed by atoms with van der Waals surface area (Å²) in [4.78, 5) is 2.65. The molecule has 0 bridgehead atoms. The van der Waals surface area contributed by atoms with Crippen molar-refractivity contribution in [1.29, 1.82) is 0 Å². The maximum Gasteiger partial charge on any atom is 0.0459 e. The van der Waals surface area contributed by atoms with Crippen molar-refractivity contribution in [1.82, 2.24) is 4.90 Å². The fourth-order valence-corrected chi connectivity index (χ4v) is 4.06. The molecular weight excluding hydrogens is 244 g/mol. The van der Waals surface area contributed by atoms with Crippen LogP contribution in [0.2, 0.25) is 0 Å². The monoisotopic (exact) mass is 272 g/mol. The fourth-order valence-electron chi connectivity index (χ4n) is 4.06. The van der Waals surface area contributed by atoms with Crippen molar-refractivity contribution in [2.45, 2.75) is 52.1 Å². The van der Waals surface area contributed by atoms with Gasteiger partial charge in [-0.3, -0.25) is 4.90 Å². The molecule has 1 aromatic carbocycles. The van der Waals surface area contributed by atoms with E-state index in [0.717, 1.165) is 12.3 Å². The number of hydrogen-bond donors (Lipinski definition) is 1. The topological polar surface area (TPSA) is 29.3 Å². The minimum atomic E-state index is 0.206. The van der Waals surface area contributed by atoms with Crippen LogP contribution in [0.5, 0.6) is 0 Å². The number of fused-ring (bicyclic) bond motifs is 1. The Labute approximate surface area is 123 Å². The Bertz CT molecular complexity index is 467. The van der Waals surface area contributed by atoms with E-state index in [2.05, 4.69) is 49.9 Å². The van der Waals surface area contributed by atoms with Crippen molar-refractivity contribution in [3.8, 4) is 0 Å². The normalized spacial score (nSPS) is 28.6. The lowest BCUT2D eigenvalue weighted by Crippen LogP contribution is -2.47. The van der Waals surface area contributed by atoms with Crippen LogP contribution in [0.25, 0.3) is 0 Å². The molecule has 2 atom stereocenters. The second-order valence-electron chi connectivity index (χ2n) is 7.67. The Hall–Kier alpha value is -0.860. The summed E-state index contributed by atoms with van der Waals surface area (Å²) < 4.78 is 0. The zero-order valence-electron chi connectivity index (χ0n) is 13.1. The molecule has 0 saturated carbocycles. The van der Waals surface area contributed by atoms with Gasteiger partial charge in [-0.2, -0.15) is 0 Å². The van der Waals surface area contributed by atoms with Gasteiger partial charge in [-0.1, -0.05) is 45.0 Å². The van der Waals surface area contributed by atoms with Gasteiger partial charge >= 0.3 is 0 Å². The van der Waals surface area contributed by atoms with Crippen LogP contribution >= 0.6 is 0 Å². The predicted molar refractivity (Wildman–Crippen MR) is 84.6 cm³/mol. The molecule has 2 unspecified atom stereocenters. The van der Waals surface area contributed by atoms with Crippen molar-refractivity contribution in [2.75, 3.05) is 13.1 Å². The summed E-state index contributed by atoms with van der Waals surface area (Å²) in [6.45, 7) is 9.57. The molecule has 1 heterocycles. The second kappa shape index (κ2) is 5.16. The van der Waals surface area contributed by atoms with E-state index in [9.17, 15) is 0 Å². The second-order valence-corrected chi connectivity index (χ2v) is 7.67. The summed E-state index contributed by atoms with van der Waals surface area (Å²) in [5.41, 5.74) is 9.78. The van der Waals surface area contributed by atoms with E-state index in [0.29, 0.717) is 11.5 Å². The largest absolute Gasteiger partial charge is 0.323 e. The number of likely N-dealkylation sites (tertiary alicyclic amines) is 1. The van der Waals surface area contributed by atoms with Gasteiger partial charge in [0.2, 0.25) is 0 Å². The highest BCUT2D eigenvalue weighted by atomic mass is 15.2. The maximum absolute atomic E-state index is 6.50. The van der Waals surface area contributed by atoms with Crippen LogP contribution in [0.1, 0.15) is 50.8 Å². The molecule has 2 nitrogen and oxygen atoms in total. The standard InChI is InChI=1S/C18H28N2/c1-18(2,3)14-8-10-20(11-9-14)16-12-13-6-4-5-7-15(13)17(16)19/h4-7,14,16-17H,8-12,19H2,1-3H3. The molecule has 0 spiro atoms. The Kier molecular flexibility index (Phi) is 3.64. The molecule has 0 radical (unpaired) electrons. The molecule has 0 amide bonds. The number of benzene rings is 1. The number of rotatable bonds is 1. The van der Waals surface area contributed by atoms with Gasteiger partial charge in [0.05, 0.1) is 0 Å². The minimum absolute atomic E-state index is 0.206. The summed E-state index contributed by atoms with van der Waals surface area (Å²) in [5, 5.41) is 0. The zero-order chi connectivity index (χ0) is 14.3. The summed E-state index contributed by atoms with van der Waals surface area (Å²) in [5.74, 6) is 0.860. The molecule has 1 aliphatic carbocycles. The Morgan fingerprint density at radius 2 is 1.75 bits per heavy atom. The fraction of sp³-hybridized carbons (Fsp3) is 0.667. The van der Waals surface area contributed by atoms with Gasteiger partial charge < -0.3 is 5.73 Å². The molecule has 20 heavy (non-hydrogen) atoms. The Morgan fingerprint density at radius 3 is 2.35 bits per heavy atom. The summed E-state index contributed by atoms with van der Waals surface area (Å²) >= 11 is 0. The van der Waals surface area contributed by atoms with Gasteiger partial charge in [-0.25, -0.2) is 0 Å². The average Bonchev–Trinajstić information content (AvgIpc) is 2.76. The van der Waals surface area contributed by atoms with Gasteiger partial charge in [0.25, 0.3) is 0 Å². The van der Waals surface area contributed by atoms with Crippen LogP contribution in [0.15, 0.2) is 24.3 Å². The van der Waals surface area contributed by atoms with Crippen molar-refractivity contribution in [3.63, 3.8) is 0 Å². The zero-order valence-corrected chi connectivity index (χ0v) is 13.1. The first kappa shape index (κ1) is 14.1. The van der Waals surface area contributed by atoms with E-state index in [-0.39, 0.29) is 6.04 Å². The number of hydrogen-bond acceptors (Lipinski definition) is 2. The molecule has 1 saturated heterocycles. The molecule has 2 N–H and O–H groups in total. The Morgan fingerprint density at radius 1 is 1.10 bits per heavy atom. The average molecular weight is 272 g/mol. The van der Waals surface area contributed by atoms with Gasteiger partial charge in [-0.15, -0.1) is 0 Å². The third kappa shape index (κ3) is 2.51. The summed E-state index contributed by atoms with van der Waals surface area (Å²) in [7, 11) is 0. The van der Waals surface area contributed by atoms with Crippen LogP contribution in [-0.4, -0.2) is 24.0 Å². The molecule has 2 heteroatoms. The highest BCUT2D eigenvalue weighted by molar-refractivity contribution is 5.36. The van der Waals surface area contributed by atoms with Crippen LogP contribution in [0.4, 0.5) is 0 Å². The number of nitrogens with zero attached hydrogens (tertiary/aromatic N) is 1. The van der Waals surface area contributed by atoms with Crippen molar-refractivity contribution >= 4 is 0 Å². The third-order valence-electron chi connectivity index (χ3n) is 5.48. The van der Waals surface area contributed by atoms with E-state index in [4.69, 9.17) is 5.73 Å². The van der Waals surface area contributed by atoms with Crippen molar-refractivity contribution in [2.24, 2.45) is 17.1 Å². The first-order valence-electron chi connectivity index (χ1n) is 8.04. The van der Waals surface area contributed by atoms with Crippen LogP contribution in [0.3, 0.4) is 0 Å². The lowest BCUT2D eigenvalue weighted by atomic mass is 9.75. The van der Waals surface area contributed by atoms with E-state index < -0.39 is 0 Å². The molecule has 1 aliphatic heterocycles. The van der Waals surface area contributed by atoms with E-state index >= 15 is 0 Å². The molecule has 0 aromatic heterocycles. The first-order valence-corrected chi connectivity index (χ1v) is 8.04. The molecular formula is C18H28N2. The predicted octanol–water partition coefficient (Wildman–Crippen LogP) is 3.37. The lowest BCUT2D eigenvalue weighted by molar-refractivity contribution is 0.0772. The molecule has 2 aliphatic rings. The molecule has 1 aromatic rings. The van der Waals surface area contributed by atoms with Crippen LogP contribution in [0, 0.1) is 11.3 Å². The number of nitrogens with two attached hydrogens (primary N) is 1.